The zero-order valence-electron chi connectivity index (χ0n) is 12.2. The number of halogens is 4. The standard InChI is InChI=1S/C14H14ClF3N4O/c1-2-8-22(9-23-10-6-4-3-5-7-10)13-20-11(14(16,17)18)19-12(15)21-13/h3-7H,2,8-9H2,1H3. The zero-order valence-corrected chi connectivity index (χ0v) is 13.0. The van der Waals surface area contributed by atoms with E-state index in [2.05, 4.69) is 15.0 Å². The van der Waals surface area contributed by atoms with E-state index in [1.807, 2.05) is 13.0 Å². The van der Waals surface area contributed by atoms with Crippen molar-refractivity contribution in [3.05, 3.63) is 41.4 Å². The first-order valence-electron chi connectivity index (χ1n) is 6.81. The number of ether oxygens (including phenoxy) is 1. The topological polar surface area (TPSA) is 51.1 Å². The van der Waals surface area contributed by atoms with Crippen LogP contribution in [0.4, 0.5) is 19.1 Å². The highest BCUT2D eigenvalue weighted by Crippen LogP contribution is 2.28. The van der Waals surface area contributed by atoms with Gasteiger partial charge < -0.3 is 9.64 Å². The van der Waals surface area contributed by atoms with Gasteiger partial charge in [-0.2, -0.15) is 28.1 Å². The lowest BCUT2D eigenvalue weighted by atomic mass is 10.3. The molecule has 1 aromatic carbocycles. The summed E-state index contributed by atoms with van der Waals surface area (Å²) in [6, 6.07) is 8.90. The fourth-order valence-electron chi connectivity index (χ4n) is 1.77. The highest BCUT2D eigenvalue weighted by Gasteiger charge is 2.36. The molecule has 2 aromatic rings. The van der Waals surface area contributed by atoms with E-state index in [0.717, 1.165) is 0 Å². The molecule has 1 aromatic heterocycles. The summed E-state index contributed by atoms with van der Waals surface area (Å²) in [4.78, 5) is 11.8. The number of aromatic nitrogens is 3. The highest BCUT2D eigenvalue weighted by atomic mass is 35.5. The third-order valence-corrected chi connectivity index (χ3v) is 2.93. The second-order valence-corrected chi connectivity index (χ2v) is 4.91. The lowest BCUT2D eigenvalue weighted by Crippen LogP contribution is -2.31. The minimum Gasteiger partial charge on any atom is -0.473 e. The predicted molar refractivity (Wildman–Crippen MR) is 79.4 cm³/mol. The van der Waals surface area contributed by atoms with E-state index < -0.39 is 17.3 Å². The minimum atomic E-state index is -4.69. The molecule has 0 fully saturated rings. The van der Waals surface area contributed by atoms with Gasteiger partial charge in [-0.1, -0.05) is 25.1 Å². The lowest BCUT2D eigenvalue weighted by Gasteiger charge is -2.22. The van der Waals surface area contributed by atoms with Gasteiger partial charge in [0.1, 0.15) is 5.75 Å². The molecule has 0 unspecified atom stereocenters. The van der Waals surface area contributed by atoms with Crippen LogP contribution in [0.5, 0.6) is 5.75 Å². The number of para-hydroxylation sites is 1. The fraction of sp³-hybridized carbons (Fsp3) is 0.357. The van der Waals surface area contributed by atoms with E-state index in [-0.39, 0.29) is 12.7 Å². The second-order valence-electron chi connectivity index (χ2n) is 4.58. The first kappa shape index (κ1) is 17.3. The van der Waals surface area contributed by atoms with Gasteiger partial charge in [-0.05, 0) is 30.2 Å². The zero-order chi connectivity index (χ0) is 16.9. The molecule has 1 heterocycles. The maximum Gasteiger partial charge on any atom is 0.451 e. The van der Waals surface area contributed by atoms with Crippen molar-refractivity contribution in [1.29, 1.82) is 0 Å². The molecule has 0 aliphatic carbocycles. The number of rotatable bonds is 6. The molecule has 0 radical (unpaired) electrons. The quantitative estimate of drug-likeness (QED) is 0.745. The van der Waals surface area contributed by atoms with Gasteiger partial charge in [-0.25, -0.2) is 0 Å². The molecule has 0 N–H and O–H groups in total. The number of nitrogens with zero attached hydrogens (tertiary/aromatic N) is 4. The van der Waals surface area contributed by atoms with Gasteiger partial charge in [-0.3, -0.25) is 0 Å². The van der Waals surface area contributed by atoms with Crippen LogP contribution in [0.25, 0.3) is 0 Å². The lowest BCUT2D eigenvalue weighted by molar-refractivity contribution is -0.145. The van der Waals surface area contributed by atoms with Gasteiger partial charge in [0, 0.05) is 6.54 Å². The average molecular weight is 347 g/mol. The smallest absolute Gasteiger partial charge is 0.451 e. The van der Waals surface area contributed by atoms with Crippen molar-refractivity contribution in [2.45, 2.75) is 19.5 Å². The van der Waals surface area contributed by atoms with Crippen molar-refractivity contribution in [2.75, 3.05) is 18.2 Å². The molecule has 5 nitrogen and oxygen atoms in total. The Bertz CT molecular complexity index is 640. The van der Waals surface area contributed by atoms with Crippen molar-refractivity contribution in [2.24, 2.45) is 0 Å². The van der Waals surface area contributed by atoms with Crippen molar-refractivity contribution in [3.63, 3.8) is 0 Å². The van der Waals surface area contributed by atoms with Crippen LogP contribution in [-0.2, 0) is 6.18 Å². The molecule has 23 heavy (non-hydrogen) atoms. The van der Waals surface area contributed by atoms with Crippen LogP contribution in [-0.4, -0.2) is 28.2 Å². The van der Waals surface area contributed by atoms with E-state index in [1.165, 1.54) is 4.90 Å². The maximum atomic E-state index is 12.8. The maximum absolute atomic E-state index is 12.8. The third-order valence-electron chi connectivity index (χ3n) is 2.76. The summed E-state index contributed by atoms with van der Waals surface area (Å²) in [6.45, 7) is 2.28. The summed E-state index contributed by atoms with van der Waals surface area (Å²) in [6.07, 6.45) is -4.03. The third kappa shape index (κ3) is 4.95. The summed E-state index contributed by atoms with van der Waals surface area (Å²) >= 11 is 5.59. The van der Waals surface area contributed by atoms with E-state index in [4.69, 9.17) is 16.3 Å². The summed E-state index contributed by atoms with van der Waals surface area (Å²) in [5.41, 5.74) is 0. The number of anilines is 1. The second kappa shape index (κ2) is 7.45. The van der Waals surface area contributed by atoms with Gasteiger partial charge in [0.25, 0.3) is 0 Å². The molecule has 0 aliphatic heterocycles. The van der Waals surface area contributed by atoms with E-state index >= 15 is 0 Å². The van der Waals surface area contributed by atoms with Crippen LogP contribution in [0.3, 0.4) is 0 Å². The first-order valence-corrected chi connectivity index (χ1v) is 7.19. The first-order chi connectivity index (χ1) is 10.9. The Morgan fingerprint density at radius 1 is 1.13 bits per heavy atom. The summed E-state index contributed by atoms with van der Waals surface area (Å²) in [5.74, 6) is -0.909. The molecular formula is C14H14ClF3N4O. The van der Waals surface area contributed by atoms with Crippen molar-refractivity contribution in [3.8, 4) is 5.75 Å². The predicted octanol–water partition coefficient (Wildman–Crippen LogP) is 3.80. The molecule has 124 valence electrons. The number of alkyl halides is 3. The molecule has 0 aliphatic rings. The largest absolute Gasteiger partial charge is 0.473 e. The molecule has 0 saturated heterocycles. The Morgan fingerprint density at radius 2 is 1.83 bits per heavy atom. The van der Waals surface area contributed by atoms with Crippen molar-refractivity contribution in [1.82, 2.24) is 15.0 Å². The fourth-order valence-corrected chi connectivity index (χ4v) is 1.92. The van der Waals surface area contributed by atoms with Crippen LogP contribution in [0.15, 0.2) is 30.3 Å². The summed E-state index contributed by atoms with van der Waals surface area (Å²) < 4.78 is 43.9. The van der Waals surface area contributed by atoms with Gasteiger partial charge in [0.05, 0.1) is 0 Å². The molecule has 0 saturated carbocycles. The Balaban J connectivity index is 2.21. The van der Waals surface area contributed by atoms with Crippen LogP contribution < -0.4 is 9.64 Å². The summed E-state index contributed by atoms with van der Waals surface area (Å²) in [5, 5.41) is -0.511. The Hall–Kier alpha value is -2.09. The SMILES string of the molecule is CCCN(COc1ccccc1)c1nc(Cl)nc(C(F)(F)F)n1. The number of hydrogen-bond acceptors (Lipinski definition) is 5. The van der Waals surface area contributed by atoms with Gasteiger partial charge in [-0.15, -0.1) is 0 Å². The highest BCUT2D eigenvalue weighted by molar-refractivity contribution is 6.28. The normalized spacial score (nSPS) is 11.3. The molecule has 0 bridgehead atoms. The minimum absolute atomic E-state index is 0.00447. The number of benzene rings is 1. The van der Waals surface area contributed by atoms with Crippen LogP contribution in [0.2, 0.25) is 5.28 Å². The Kier molecular flexibility index (Phi) is 5.59. The van der Waals surface area contributed by atoms with Crippen molar-refractivity contribution >= 4 is 17.5 Å². The molecular weight excluding hydrogens is 333 g/mol. The molecule has 2 rings (SSSR count). The van der Waals surface area contributed by atoms with Gasteiger partial charge in [0.15, 0.2) is 6.73 Å². The molecule has 0 atom stereocenters. The van der Waals surface area contributed by atoms with E-state index in [1.54, 1.807) is 24.3 Å². The van der Waals surface area contributed by atoms with Crippen LogP contribution >= 0.6 is 11.6 Å². The van der Waals surface area contributed by atoms with Gasteiger partial charge in [0.2, 0.25) is 17.1 Å². The van der Waals surface area contributed by atoms with E-state index in [9.17, 15) is 13.2 Å². The molecule has 9 heteroatoms. The number of hydrogen-bond donors (Lipinski definition) is 0. The summed E-state index contributed by atoms with van der Waals surface area (Å²) in [7, 11) is 0. The van der Waals surface area contributed by atoms with Gasteiger partial charge >= 0.3 is 6.18 Å². The van der Waals surface area contributed by atoms with E-state index in [0.29, 0.717) is 18.7 Å². The average Bonchev–Trinajstić information content (AvgIpc) is 2.51. The van der Waals surface area contributed by atoms with Crippen LogP contribution in [0, 0.1) is 0 Å². The molecule has 0 amide bonds. The molecule has 0 spiro atoms. The Morgan fingerprint density at radius 3 is 2.43 bits per heavy atom. The monoisotopic (exact) mass is 346 g/mol. The van der Waals surface area contributed by atoms with Crippen molar-refractivity contribution < 1.29 is 17.9 Å². The Labute approximate surface area is 136 Å². The van der Waals surface area contributed by atoms with Crippen LogP contribution in [0.1, 0.15) is 19.2 Å².